The summed E-state index contributed by atoms with van der Waals surface area (Å²) in [7, 11) is -1.18. The Labute approximate surface area is 139 Å². The minimum Gasteiger partial charge on any atom is -0.383 e. The van der Waals surface area contributed by atoms with Gasteiger partial charge in [-0.25, -0.2) is 4.67 Å². The standard InChI is InChI=1S/C15H32NO3P.2CH4/c1-14(2,3)12-19-20(17,15(4,5)6)16-10-8-9-13(16)11-18-7;;/h13H,8-12H2,1-7H3;2*1H4/t13-,20?;;/m1../s1. The molecule has 1 aliphatic rings. The second-order valence-corrected chi connectivity index (χ2v) is 11.1. The van der Waals surface area contributed by atoms with E-state index in [1.807, 2.05) is 20.8 Å². The Hall–Kier alpha value is 0.110. The van der Waals surface area contributed by atoms with Crippen molar-refractivity contribution in [1.82, 2.24) is 4.67 Å². The van der Waals surface area contributed by atoms with Gasteiger partial charge in [-0.3, -0.25) is 4.57 Å². The van der Waals surface area contributed by atoms with Crippen LogP contribution in [0.5, 0.6) is 0 Å². The van der Waals surface area contributed by atoms with Crippen molar-refractivity contribution in [2.45, 2.75) is 80.4 Å². The van der Waals surface area contributed by atoms with E-state index in [1.54, 1.807) is 7.11 Å². The van der Waals surface area contributed by atoms with Gasteiger partial charge < -0.3 is 9.26 Å². The van der Waals surface area contributed by atoms with Crippen LogP contribution in [0.25, 0.3) is 0 Å². The average molecular weight is 337 g/mol. The molecule has 0 aliphatic carbocycles. The van der Waals surface area contributed by atoms with Crippen LogP contribution in [-0.2, 0) is 13.8 Å². The van der Waals surface area contributed by atoms with E-state index in [9.17, 15) is 4.57 Å². The van der Waals surface area contributed by atoms with Gasteiger partial charge in [-0.15, -0.1) is 0 Å². The molecular formula is C17H40NO3P. The van der Waals surface area contributed by atoms with Crippen LogP contribution in [0.1, 0.15) is 69.2 Å². The van der Waals surface area contributed by atoms with E-state index in [0.29, 0.717) is 13.2 Å². The highest BCUT2D eigenvalue weighted by Crippen LogP contribution is 2.64. The van der Waals surface area contributed by atoms with Crippen molar-refractivity contribution in [3.05, 3.63) is 0 Å². The van der Waals surface area contributed by atoms with Crippen molar-refractivity contribution in [3.63, 3.8) is 0 Å². The number of ether oxygens (including phenoxy) is 1. The fourth-order valence-electron chi connectivity index (χ4n) is 2.46. The molecular weight excluding hydrogens is 297 g/mol. The lowest BCUT2D eigenvalue weighted by molar-refractivity contribution is 0.125. The lowest BCUT2D eigenvalue weighted by Gasteiger charge is -2.41. The number of hydrogen-bond acceptors (Lipinski definition) is 3. The molecule has 1 aliphatic heterocycles. The monoisotopic (exact) mass is 337 g/mol. The Bertz CT molecular complexity index is 358. The minimum absolute atomic E-state index is 0. The van der Waals surface area contributed by atoms with Crippen molar-refractivity contribution < 1.29 is 13.8 Å². The molecule has 2 atom stereocenters. The second kappa shape index (κ2) is 8.82. The van der Waals surface area contributed by atoms with Crippen LogP contribution in [0.2, 0.25) is 0 Å². The second-order valence-electron chi connectivity index (χ2n) is 7.94. The van der Waals surface area contributed by atoms with Crippen molar-refractivity contribution >= 4 is 7.52 Å². The summed E-state index contributed by atoms with van der Waals surface area (Å²) >= 11 is 0. The maximum atomic E-state index is 13.6. The highest BCUT2D eigenvalue weighted by molar-refractivity contribution is 7.58. The van der Waals surface area contributed by atoms with Crippen molar-refractivity contribution in [2.24, 2.45) is 5.41 Å². The van der Waals surface area contributed by atoms with Crippen LogP contribution < -0.4 is 0 Å². The van der Waals surface area contributed by atoms with Gasteiger partial charge in [0.1, 0.15) is 0 Å². The zero-order valence-corrected chi connectivity index (χ0v) is 15.1. The summed E-state index contributed by atoms with van der Waals surface area (Å²) in [4.78, 5) is 0. The summed E-state index contributed by atoms with van der Waals surface area (Å²) in [5.41, 5.74) is 0.0113. The Morgan fingerprint density at radius 3 is 2.09 bits per heavy atom. The van der Waals surface area contributed by atoms with Crippen LogP contribution >= 0.6 is 7.52 Å². The molecule has 4 nitrogen and oxygen atoms in total. The molecule has 0 bridgehead atoms. The topological polar surface area (TPSA) is 38.8 Å². The van der Waals surface area contributed by atoms with E-state index < -0.39 is 7.52 Å². The molecule has 0 radical (unpaired) electrons. The lowest BCUT2D eigenvalue weighted by Crippen LogP contribution is -2.38. The minimum atomic E-state index is -2.88. The highest BCUT2D eigenvalue weighted by Gasteiger charge is 2.48. The van der Waals surface area contributed by atoms with Crippen LogP contribution in [0.15, 0.2) is 0 Å². The third kappa shape index (κ3) is 5.96. The molecule has 1 unspecified atom stereocenters. The van der Waals surface area contributed by atoms with Gasteiger partial charge in [0.15, 0.2) is 0 Å². The van der Waals surface area contributed by atoms with Gasteiger partial charge in [-0.1, -0.05) is 35.6 Å². The maximum Gasteiger partial charge on any atom is 0.277 e. The molecule has 0 aromatic rings. The van der Waals surface area contributed by atoms with Gasteiger partial charge in [0.2, 0.25) is 0 Å². The first-order valence-electron chi connectivity index (χ1n) is 7.52. The number of nitrogens with zero attached hydrogens (tertiary/aromatic N) is 1. The molecule has 0 aromatic carbocycles. The third-order valence-electron chi connectivity index (χ3n) is 3.56. The number of rotatable bonds is 5. The Balaban J connectivity index is 0. The molecule has 5 heteroatoms. The lowest BCUT2D eigenvalue weighted by atomic mass is 9.99. The fraction of sp³-hybridized carbons (Fsp3) is 1.00. The molecule has 1 fully saturated rings. The van der Waals surface area contributed by atoms with E-state index in [2.05, 4.69) is 25.4 Å². The first-order chi connectivity index (χ1) is 9.01. The van der Waals surface area contributed by atoms with Gasteiger partial charge in [0.05, 0.1) is 18.4 Å². The molecule has 22 heavy (non-hydrogen) atoms. The zero-order valence-electron chi connectivity index (χ0n) is 14.2. The summed E-state index contributed by atoms with van der Waals surface area (Å²) in [5.74, 6) is 0. The third-order valence-corrected chi connectivity index (χ3v) is 6.94. The Morgan fingerprint density at radius 1 is 1.14 bits per heavy atom. The molecule has 0 aromatic heterocycles. The van der Waals surface area contributed by atoms with Gasteiger partial charge in [-0.2, -0.15) is 0 Å². The summed E-state index contributed by atoms with van der Waals surface area (Å²) in [6.07, 6.45) is 2.10. The summed E-state index contributed by atoms with van der Waals surface area (Å²) in [6.45, 7) is 14.3. The molecule has 1 saturated heterocycles. The molecule has 0 spiro atoms. The van der Waals surface area contributed by atoms with Crippen molar-refractivity contribution in [3.8, 4) is 0 Å². The average Bonchev–Trinajstić information content (AvgIpc) is 2.72. The van der Waals surface area contributed by atoms with Crippen LogP contribution in [0.3, 0.4) is 0 Å². The Morgan fingerprint density at radius 2 is 1.68 bits per heavy atom. The summed E-state index contributed by atoms with van der Waals surface area (Å²) in [6, 6.07) is 0.213. The molecule has 1 heterocycles. The van der Waals surface area contributed by atoms with Gasteiger partial charge in [0, 0.05) is 19.7 Å². The molecule has 0 N–H and O–H groups in total. The fourth-order valence-corrected chi connectivity index (χ4v) is 5.35. The SMILES string of the molecule is C.C.COC[C@H]1CCCN1P(=O)(OCC(C)(C)C)C(C)(C)C. The van der Waals surface area contributed by atoms with E-state index in [-0.39, 0.29) is 31.5 Å². The van der Waals surface area contributed by atoms with Crippen molar-refractivity contribution in [2.75, 3.05) is 26.9 Å². The van der Waals surface area contributed by atoms with E-state index in [4.69, 9.17) is 9.26 Å². The number of hydrogen-bond donors (Lipinski definition) is 0. The summed E-state index contributed by atoms with van der Waals surface area (Å²) < 4.78 is 27.0. The first-order valence-corrected chi connectivity index (χ1v) is 9.10. The molecule has 0 saturated carbocycles. The zero-order chi connectivity index (χ0) is 15.6. The Kier molecular flexibility index (Phi) is 9.77. The van der Waals surface area contributed by atoms with Gasteiger partial charge >= 0.3 is 0 Å². The quantitative estimate of drug-likeness (QED) is 0.628. The highest BCUT2D eigenvalue weighted by atomic mass is 31.2. The number of methoxy groups -OCH3 is 1. The van der Waals surface area contributed by atoms with Crippen LogP contribution in [-0.4, -0.2) is 42.7 Å². The van der Waals surface area contributed by atoms with E-state index >= 15 is 0 Å². The normalized spacial score (nSPS) is 22.6. The predicted molar refractivity (Wildman–Crippen MR) is 97.8 cm³/mol. The largest absolute Gasteiger partial charge is 0.383 e. The maximum absolute atomic E-state index is 13.6. The smallest absolute Gasteiger partial charge is 0.277 e. The van der Waals surface area contributed by atoms with Gasteiger partial charge in [-0.05, 0) is 39.0 Å². The van der Waals surface area contributed by atoms with Crippen LogP contribution in [0, 0.1) is 5.41 Å². The first kappa shape index (κ1) is 24.4. The van der Waals surface area contributed by atoms with E-state index in [0.717, 1.165) is 19.4 Å². The summed E-state index contributed by atoms with van der Waals surface area (Å²) in [5, 5.41) is -0.380. The molecule has 0 amide bonds. The van der Waals surface area contributed by atoms with Gasteiger partial charge in [0.25, 0.3) is 7.52 Å². The molecule has 1 rings (SSSR count). The molecule has 136 valence electrons. The predicted octanol–water partition coefficient (Wildman–Crippen LogP) is 5.42. The van der Waals surface area contributed by atoms with E-state index in [1.165, 1.54) is 0 Å². The van der Waals surface area contributed by atoms with Crippen molar-refractivity contribution in [1.29, 1.82) is 0 Å². The van der Waals surface area contributed by atoms with Crippen LogP contribution in [0.4, 0.5) is 0 Å².